The molecule has 1 unspecified atom stereocenters. The highest BCUT2D eigenvalue weighted by molar-refractivity contribution is 5.93. The van der Waals surface area contributed by atoms with Crippen molar-refractivity contribution in [3.05, 3.63) is 59.7 Å². The maximum absolute atomic E-state index is 13.4. The molecule has 8 heteroatoms. The third-order valence-electron chi connectivity index (χ3n) is 6.17. The van der Waals surface area contributed by atoms with Gasteiger partial charge in [-0.3, -0.25) is 0 Å². The molecule has 0 radical (unpaired) electrons. The summed E-state index contributed by atoms with van der Waals surface area (Å²) in [6.07, 6.45) is -2.38. The van der Waals surface area contributed by atoms with Gasteiger partial charge in [0.05, 0.1) is 30.2 Å². The Morgan fingerprint density at radius 3 is 2.47 bits per heavy atom. The molecule has 5 nitrogen and oxygen atoms in total. The molecule has 4 rings (SSSR count). The highest BCUT2D eigenvalue weighted by Crippen LogP contribution is 2.38. The van der Waals surface area contributed by atoms with Gasteiger partial charge in [0.15, 0.2) is 0 Å². The third-order valence-corrected chi connectivity index (χ3v) is 6.17. The predicted octanol–water partition coefficient (Wildman–Crippen LogP) is 5.37. The number of ether oxygens (including phenoxy) is 1. The molecule has 2 amide bonds. The maximum Gasteiger partial charge on any atom is 0.416 e. The van der Waals surface area contributed by atoms with Crippen LogP contribution in [0.25, 0.3) is 0 Å². The first-order chi connectivity index (χ1) is 15.3. The van der Waals surface area contributed by atoms with Crippen molar-refractivity contribution in [3.63, 3.8) is 0 Å². The van der Waals surface area contributed by atoms with E-state index in [2.05, 4.69) is 5.32 Å². The molecule has 0 bridgehead atoms. The zero-order valence-corrected chi connectivity index (χ0v) is 18.1. The van der Waals surface area contributed by atoms with E-state index in [-0.39, 0.29) is 17.8 Å². The summed E-state index contributed by atoms with van der Waals surface area (Å²) in [5, 5.41) is 2.81. The Kier molecular flexibility index (Phi) is 6.60. The van der Waals surface area contributed by atoms with Gasteiger partial charge in [-0.15, -0.1) is 0 Å². The summed E-state index contributed by atoms with van der Waals surface area (Å²) in [7, 11) is 0. The van der Waals surface area contributed by atoms with Gasteiger partial charge >= 0.3 is 12.2 Å². The fourth-order valence-corrected chi connectivity index (χ4v) is 4.09. The van der Waals surface area contributed by atoms with Gasteiger partial charge in [0, 0.05) is 25.7 Å². The van der Waals surface area contributed by atoms with Gasteiger partial charge in [0.1, 0.15) is 0 Å². The lowest BCUT2D eigenvalue weighted by Crippen LogP contribution is -2.42. The van der Waals surface area contributed by atoms with Crippen molar-refractivity contribution >= 4 is 17.4 Å². The zero-order chi connectivity index (χ0) is 22.7. The van der Waals surface area contributed by atoms with Crippen molar-refractivity contribution in [2.45, 2.75) is 38.5 Å². The van der Waals surface area contributed by atoms with Crippen LogP contribution in [0.1, 0.15) is 30.9 Å². The molecule has 1 saturated heterocycles. The fraction of sp³-hybridized carbons (Fsp3) is 0.458. The first-order valence-corrected chi connectivity index (χ1v) is 11.0. The molecule has 1 heterocycles. The number of hydrogen-bond acceptors (Lipinski definition) is 3. The molecule has 2 aliphatic rings. The van der Waals surface area contributed by atoms with Gasteiger partial charge in [0.2, 0.25) is 0 Å². The largest absolute Gasteiger partial charge is 0.416 e. The lowest BCUT2D eigenvalue weighted by Gasteiger charge is -2.33. The molecule has 2 fully saturated rings. The zero-order valence-electron chi connectivity index (χ0n) is 18.1. The van der Waals surface area contributed by atoms with E-state index in [1.165, 1.54) is 6.07 Å². The fourth-order valence-electron chi connectivity index (χ4n) is 4.09. The number of rotatable bonds is 6. The monoisotopic (exact) mass is 447 g/mol. The van der Waals surface area contributed by atoms with Crippen LogP contribution in [0.3, 0.4) is 0 Å². The number of carbonyl (C=O) groups is 1. The number of nitrogens with one attached hydrogen (secondary N) is 1. The lowest BCUT2D eigenvalue weighted by atomic mass is 10.1. The Morgan fingerprint density at radius 2 is 1.84 bits per heavy atom. The van der Waals surface area contributed by atoms with Crippen molar-refractivity contribution in [1.82, 2.24) is 4.90 Å². The molecular weight excluding hydrogens is 419 g/mol. The number of halogens is 3. The van der Waals surface area contributed by atoms with Gasteiger partial charge < -0.3 is 19.9 Å². The van der Waals surface area contributed by atoms with Gasteiger partial charge in [0.25, 0.3) is 0 Å². The second kappa shape index (κ2) is 9.40. The summed E-state index contributed by atoms with van der Waals surface area (Å²) >= 11 is 0. The van der Waals surface area contributed by atoms with E-state index in [1.54, 1.807) is 4.90 Å². The number of urea groups is 1. The predicted molar refractivity (Wildman–Crippen MR) is 118 cm³/mol. The first-order valence-electron chi connectivity index (χ1n) is 11.0. The van der Waals surface area contributed by atoms with Crippen LogP contribution in [0, 0.1) is 5.92 Å². The van der Waals surface area contributed by atoms with Gasteiger partial charge in [-0.1, -0.05) is 30.3 Å². The van der Waals surface area contributed by atoms with Gasteiger partial charge in [-0.2, -0.15) is 13.2 Å². The first kappa shape index (κ1) is 22.5. The van der Waals surface area contributed by atoms with Crippen molar-refractivity contribution in [2.24, 2.45) is 5.92 Å². The summed E-state index contributed by atoms with van der Waals surface area (Å²) < 4.78 is 45.6. The highest BCUT2D eigenvalue weighted by atomic mass is 19.4. The quantitative estimate of drug-likeness (QED) is 0.647. The van der Waals surface area contributed by atoms with Crippen molar-refractivity contribution in [2.75, 3.05) is 36.5 Å². The Morgan fingerprint density at radius 1 is 1.16 bits per heavy atom. The number of carbonyl (C=O) groups excluding carboxylic acids is 1. The van der Waals surface area contributed by atoms with Crippen molar-refractivity contribution < 1.29 is 22.7 Å². The van der Waals surface area contributed by atoms with Crippen LogP contribution >= 0.6 is 0 Å². The molecule has 172 valence electrons. The van der Waals surface area contributed by atoms with Crippen LogP contribution in [0.2, 0.25) is 0 Å². The van der Waals surface area contributed by atoms with E-state index in [1.807, 2.05) is 42.2 Å². The number of anilines is 2. The minimum Gasteiger partial charge on any atom is -0.378 e. The van der Waals surface area contributed by atoms with Crippen molar-refractivity contribution in [3.8, 4) is 0 Å². The molecule has 2 aromatic rings. The number of benzene rings is 2. The topological polar surface area (TPSA) is 44.8 Å². The summed E-state index contributed by atoms with van der Waals surface area (Å²) in [6, 6.07) is 12.8. The minimum atomic E-state index is -4.49. The molecule has 1 saturated carbocycles. The number of amides is 2. The Balaban J connectivity index is 1.62. The van der Waals surface area contributed by atoms with Crippen LogP contribution in [0.5, 0.6) is 0 Å². The van der Waals surface area contributed by atoms with Crippen LogP contribution in [-0.4, -0.2) is 43.3 Å². The summed E-state index contributed by atoms with van der Waals surface area (Å²) in [4.78, 5) is 17.1. The molecular formula is C24H28F3N3O2. The second-order valence-electron chi connectivity index (χ2n) is 8.45. The highest BCUT2D eigenvalue weighted by Gasteiger charge is 2.35. The summed E-state index contributed by atoms with van der Waals surface area (Å²) in [6.45, 7) is 4.51. The molecule has 0 aromatic heterocycles. The SMILES string of the molecule is CC(C1CC1)N(Cc1ccccc1)C(=O)Nc1cc(C(F)(F)F)ccc1N1CCOCC1. The normalized spacial score (nSPS) is 17.7. The van der Waals surface area contributed by atoms with Gasteiger partial charge in [-0.05, 0) is 49.4 Å². The molecule has 32 heavy (non-hydrogen) atoms. The third kappa shape index (κ3) is 5.35. The molecule has 1 aliphatic carbocycles. The van der Waals surface area contributed by atoms with E-state index < -0.39 is 11.7 Å². The molecule has 0 spiro atoms. The number of morpholine rings is 1. The van der Waals surface area contributed by atoms with Crippen molar-refractivity contribution in [1.29, 1.82) is 0 Å². The number of alkyl halides is 3. The molecule has 1 atom stereocenters. The summed E-state index contributed by atoms with van der Waals surface area (Å²) in [5.74, 6) is 0.421. The van der Waals surface area contributed by atoms with E-state index in [9.17, 15) is 18.0 Å². The Bertz CT molecular complexity index is 926. The molecule has 1 aliphatic heterocycles. The van der Waals surface area contributed by atoms with Crippen LogP contribution in [0.15, 0.2) is 48.5 Å². The lowest BCUT2D eigenvalue weighted by molar-refractivity contribution is -0.137. The second-order valence-corrected chi connectivity index (χ2v) is 8.45. The Labute approximate surface area is 186 Å². The Hall–Kier alpha value is -2.74. The number of nitrogens with zero attached hydrogens (tertiary/aromatic N) is 2. The van der Waals surface area contributed by atoms with Crippen LogP contribution < -0.4 is 10.2 Å². The van der Waals surface area contributed by atoms with E-state index >= 15 is 0 Å². The van der Waals surface area contributed by atoms with E-state index in [4.69, 9.17) is 4.74 Å². The minimum absolute atomic E-state index is 0.00663. The standard InChI is InChI=1S/C24H28F3N3O2/c1-17(19-7-8-19)30(16-18-5-3-2-4-6-18)23(31)28-21-15-20(24(25,26)27)9-10-22(21)29-11-13-32-14-12-29/h2-6,9-10,15,17,19H,7-8,11-14,16H2,1H3,(H,28,31). The average molecular weight is 448 g/mol. The van der Waals surface area contributed by atoms with E-state index in [0.717, 1.165) is 30.5 Å². The summed E-state index contributed by atoms with van der Waals surface area (Å²) in [5.41, 5.74) is 0.948. The smallest absolute Gasteiger partial charge is 0.378 e. The number of hydrogen-bond donors (Lipinski definition) is 1. The van der Waals surface area contributed by atoms with Gasteiger partial charge in [-0.25, -0.2) is 4.79 Å². The van der Waals surface area contributed by atoms with Crippen LogP contribution in [0.4, 0.5) is 29.3 Å². The molecule has 1 N–H and O–H groups in total. The molecule has 2 aromatic carbocycles. The van der Waals surface area contributed by atoms with E-state index in [0.29, 0.717) is 44.5 Å². The van der Waals surface area contributed by atoms with Crippen LogP contribution in [-0.2, 0) is 17.5 Å². The average Bonchev–Trinajstić information content (AvgIpc) is 3.63. The maximum atomic E-state index is 13.4.